The highest BCUT2D eigenvalue weighted by atomic mass is 16.7. The molecule has 29 heavy (non-hydrogen) atoms. The first kappa shape index (κ1) is 22.6. The molecular weight excluding hydrogens is 390 g/mol. The highest BCUT2D eigenvalue weighted by molar-refractivity contribution is 5.81. The third kappa shape index (κ3) is 6.70. The normalized spacial score (nSPS) is 28.6. The molecule has 1 amide bonds. The summed E-state index contributed by atoms with van der Waals surface area (Å²) in [7, 11) is 0. The molecule has 1 aliphatic heterocycles. The Bertz CT molecular complexity index is 674. The second-order valence-electron chi connectivity index (χ2n) is 6.91. The van der Waals surface area contributed by atoms with Crippen LogP contribution < -0.4 is 5.32 Å². The number of esters is 4. The molecule has 2 rings (SSSR count). The predicted molar refractivity (Wildman–Crippen MR) is 92.8 cm³/mol. The van der Waals surface area contributed by atoms with E-state index < -0.39 is 54.5 Å². The summed E-state index contributed by atoms with van der Waals surface area (Å²) < 4.78 is 26.4. The number of rotatable bonds is 7. The average molecular weight is 415 g/mol. The molecule has 5 atom stereocenters. The first-order valence-corrected chi connectivity index (χ1v) is 9.19. The van der Waals surface area contributed by atoms with Crippen LogP contribution in [0.2, 0.25) is 0 Å². The molecule has 1 N–H and O–H groups in total. The van der Waals surface area contributed by atoms with E-state index in [0.717, 1.165) is 20.8 Å². The molecule has 0 spiro atoms. The number of carbonyl (C=O) groups excluding carboxylic acids is 5. The van der Waals surface area contributed by atoms with Crippen molar-refractivity contribution in [3.8, 4) is 0 Å². The van der Waals surface area contributed by atoms with E-state index in [1.54, 1.807) is 0 Å². The molecule has 0 aromatic rings. The highest BCUT2D eigenvalue weighted by Crippen LogP contribution is 2.32. The first-order valence-electron chi connectivity index (χ1n) is 9.19. The zero-order chi connectivity index (χ0) is 21.7. The van der Waals surface area contributed by atoms with Crippen molar-refractivity contribution in [2.24, 2.45) is 5.92 Å². The number of hydrogen-bond acceptors (Lipinski definition) is 10. The molecule has 0 aromatic carbocycles. The molecule has 162 valence electrons. The Balaban J connectivity index is 2.36. The van der Waals surface area contributed by atoms with Crippen molar-refractivity contribution >= 4 is 29.8 Å². The van der Waals surface area contributed by atoms with Gasteiger partial charge in [-0.15, -0.1) is 0 Å². The number of nitrogens with one attached hydrogen (secondary N) is 1. The summed E-state index contributed by atoms with van der Waals surface area (Å²) in [6.45, 7) is 4.25. The molecule has 1 saturated heterocycles. The lowest BCUT2D eigenvalue weighted by atomic mass is 9.96. The van der Waals surface area contributed by atoms with Crippen LogP contribution in [0.4, 0.5) is 0 Å². The third-order valence-electron chi connectivity index (χ3n) is 4.24. The van der Waals surface area contributed by atoms with Crippen molar-refractivity contribution in [1.29, 1.82) is 0 Å². The van der Waals surface area contributed by atoms with Crippen molar-refractivity contribution in [2.75, 3.05) is 6.61 Å². The van der Waals surface area contributed by atoms with Gasteiger partial charge in [0.1, 0.15) is 18.8 Å². The van der Waals surface area contributed by atoms with Gasteiger partial charge in [0.15, 0.2) is 12.2 Å². The van der Waals surface area contributed by atoms with Crippen LogP contribution in [0.1, 0.15) is 40.5 Å². The van der Waals surface area contributed by atoms with Gasteiger partial charge in [0.25, 0.3) is 0 Å². The van der Waals surface area contributed by atoms with E-state index in [1.165, 1.54) is 6.92 Å². The summed E-state index contributed by atoms with van der Waals surface area (Å²) in [4.78, 5) is 58.5. The smallest absolute Gasteiger partial charge is 0.305 e. The summed E-state index contributed by atoms with van der Waals surface area (Å²) >= 11 is 0. The number of amides is 1. The molecule has 0 aromatic heterocycles. The Labute approximate surface area is 167 Å². The fourth-order valence-corrected chi connectivity index (χ4v) is 2.95. The molecule has 1 aliphatic carbocycles. The van der Waals surface area contributed by atoms with Gasteiger partial charge in [-0.25, -0.2) is 0 Å². The number of ether oxygens (including phenoxy) is 5. The molecule has 2 aliphatic rings. The molecule has 11 heteroatoms. The Morgan fingerprint density at radius 3 is 1.86 bits per heavy atom. The molecule has 1 unspecified atom stereocenters. The highest BCUT2D eigenvalue weighted by Gasteiger charge is 2.53. The van der Waals surface area contributed by atoms with Crippen LogP contribution in [-0.4, -0.2) is 67.0 Å². The lowest BCUT2D eigenvalue weighted by Gasteiger charge is -2.44. The van der Waals surface area contributed by atoms with Gasteiger partial charge in [0.05, 0.1) is 0 Å². The van der Waals surface area contributed by atoms with Crippen molar-refractivity contribution in [2.45, 2.75) is 71.2 Å². The maximum atomic E-state index is 12.3. The van der Waals surface area contributed by atoms with E-state index in [4.69, 9.17) is 23.7 Å². The molecule has 0 bridgehead atoms. The molecular formula is C18H25NO10. The van der Waals surface area contributed by atoms with Gasteiger partial charge in [-0.05, 0) is 12.8 Å². The standard InChI is InChI=1S/C18H25NO10/c1-8(20)25-7-13-15(26-9(2)21)16(27-10(3)22)14(18(29-13)28-11(4)23)19-17(24)12-5-6-12/h12-16,18H,5-7H2,1-4H3,(H,19,24)/t13-,14+,15-,16-,18?/m1/s1. The van der Waals surface area contributed by atoms with Gasteiger partial charge < -0.3 is 29.0 Å². The first-order chi connectivity index (χ1) is 13.6. The van der Waals surface area contributed by atoms with Crippen LogP contribution in [0, 0.1) is 5.92 Å². The fourth-order valence-electron chi connectivity index (χ4n) is 2.95. The minimum Gasteiger partial charge on any atom is -0.463 e. The number of carbonyl (C=O) groups is 5. The average Bonchev–Trinajstić information content (AvgIpc) is 3.42. The van der Waals surface area contributed by atoms with Crippen LogP contribution in [0.3, 0.4) is 0 Å². The Morgan fingerprint density at radius 2 is 1.38 bits per heavy atom. The second kappa shape index (κ2) is 9.68. The topological polar surface area (TPSA) is 144 Å². The van der Waals surface area contributed by atoms with E-state index in [1.807, 2.05) is 0 Å². The van der Waals surface area contributed by atoms with Crippen molar-refractivity contribution in [1.82, 2.24) is 5.32 Å². The molecule has 11 nitrogen and oxygen atoms in total. The molecule has 1 saturated carbocycles. The largest absolute Gasteiger partial charge is 0.463 e. The van der Waals surface area contributed by atoms with E-state index in [9.17, 15) is 24.0 Å². The van der Waals surface area contributed by atoms with Gasteiger partial charge in [0, 0.05) is 33.6 Å². The van der Waals surface area contributed by atoms with E-state index in [-0.39, 0.29) is 18.4 Å². The summed E-state index contributed by atoms with van der Waals surface area (Å²) in [5, 5.41) is 2.66. The lowest BCUT2D eigenvalue weighted by molar-refractivity contribution is -0.271. The summed E-state index contributed by atoms with van der Waals surface area (Å²) in [5.74, 6) is -3.27. The second-order valence-corrected chi connectivity index (χ2v) is 6.91. The molecule has 2 fully saturated rings. The van der Waals surface area contributed by atoms with Gasteiger partial charge >= 0.3 is 23.9 Å². The summed E-state index contributed by atoms with van der Waals surface area (Å²) in [5.41, 5.74) is 0. The SMILES string of the molecule is CC(=O)OC[C@H]1OC(OC(C)=O)[C@@H](NC(=O)C2CC2)[C@@H](OC(C)=O)[C@@H]1OC(C)=O. The van der Waals surface area contributed by atoms with Gasteiger partial charge in [-0.1, -0.05) is 0 Å². The Morgan fingerprint density at radius 1 is 0.828 bits per heavy atom. The Kier molecular flexibility index (Phi) is 7.54. The zero-order valence-electron chi connectivity index (χ0n) is 16.7. The van der Waals surface area contributed by atoms with E-state index in [0.29, 0.717) is 12.8 Å². The molecule has 1 heterocycles. The monoisotopic (exact) mass is 415 g/mol. The maximum Gasteiger partial charge on any atom is 0.305 e. The summed E-state index contributed by atoms with van der Waals surface area (Å²) in [6, 6.07) is -1.13. The van der Waals surface area contributed by atoms with Crippen molar-refractivity contribution in [3.05, 3.63) is 0 Å². The third-order valence-corrected chi connectivity index (χ3v) is 4.24. The van der Waals surface area contributed by atoms with E-state index >= 15 is 0 Å². The van der Waals surface area contributed by atoms with Gasteiger partial charge in [-0.3, -0.25) is 24.0 Å². The van der Waals surface area contributed by atoms with Crippen LogP contribution in [0.5, 0.6) is 0 Å². The van der Waals surface area contributed by atoms with Crippen LogP contribution in [0.15, 0.2) is 0 Å². The number of hydrogen-bond donors (Lipinski definition) is 1. The van der Waals surface area contributed by atoms with Crippen LogP contribution >= 0.6 is 0 Å². The minimum atomic E-state index is -1.35. The minimum absolute atomic E-state index is 0.197. The van der Waals surface area contributed by atoms with Crippen LogP contribution in [-0.2, 0) is 47.7 Å². The van der Waals surface area contributed by atoms with Crippen LogP contribution in [0.25, 0.3) is 0 Å². The lowest BCUT2D eigenvalue weighted by Crippen LogP contribution is -2.67. The molecule has 0 radical (unpaired) electrons. The van der Waals surface area contributed by atoms with Crippen molar-refractivity contribution < 1.29 is 47.7 Å². The summed E-state index contributed by atoms with van der Waals surface area (Å²) in [6.07, 6.45) is -3.50. The van der Waals surface area contributed by atoms with Gasteiger partial charge in [-0.2, -0.15) is 0 Å². The zero-order valence-corrected chi connectivity index (χ0v) is 16.7. The van der Waals surface area contributed by atoms with Crippen molar-refractivity contribution in [3.63, 3.8) is 0 Å². The fraction of sp³-hybridized carbons (Fsp3) is 0.722. The maximum absolute atomic E-state index is 12.3. The van der Waals surface area contributed by atoms with Gasteiger partial charge in [0.2, 0.25) is 12.2 Å². The predicted octanol–water partition coefficient (Wildman–Crippen LogP) is -0.404. The Hall–Kier alpha value is -2.69. The quantitative estimate of drug-likeness (QED) is 0.431. The van der Waals surface area contributed by atoms with E-state index in [2.05, 4.69) is 5.32 Å².